The Kier molecular flexibility index (Phi) is 8.19. The molecular weight excluding hydrogens is 560 g/mol. The zero-order valence-corrected chi connectivity index (χ0v) is 22.4. The lowest BCUT2D eigenvalue weighted by atomic mass is 9.97. The minimum atomic E-state index is -1.22. The van der Waals surface area contributed by atoms with Crippen LogP contribution in [0.5, 0.6) is 0 Å². The molecule has 2 aliphatic heterocycles. The molecule has 0 aliphatic carbocycles. The number of carbonyl (C=O) groups is 1. The minimum Gasteiger partial charge on any atom is -0.394 e. The lowest BCUT2D eigenvalue weighted by molar-refractivity contribution is -0.186. The minimum absolute atomic E-state index is 0.0199. The number of aliphatic hydroxyl groups is 2. The summed E-state index contributed by atoms with van der Waals surface area (Å²) in [6, 6.07) is 5.04. The van der Waals surface area contributed by atoms with E-state index < -0.39 is 42.2 Å². The Morgan fingerprint density at radius 1 is 1.32 bits per heavy atom. The van der Waals surface area contributed by atoms with Gasteiger partial charge in [0, 0.05) is 36.9 Å². The molecule has 0 bridgehead atoms. The number of halogens is 3. The van der Waals surface area contributed by atoms with Crippen molar-refractivity contribution in [1.82, 2.24) is 24.9 Å². The van der Waals surface area contributed by atoms with Gasteiger partial charge in [-0.2, -0.15) is 0 Å². The van der Waals surface area contributed by atoms with E-state index in [0.717, 1.165) is 18.2 Å². The van der Waals surface area contributed by atoms with Crippen LogP contribution in [0.25, 0.3) is 11.3 Å². The third-order valence-electron chi connectivity index (χ3n) is 6.54. The van der Waals surface area contributed by atoms with Crippen LogP contribution in [0.15, 0.2) is 41.6 Å². The summed E-state index contributed by atoms with van der Waals surface area (Å²) in [5, 5.41) is 29.7. The highest BCUT2D eigenvalue weighted by Gasteiger charge is 2.48. The SMILES string of the molecule is COC1[C@@H](Sc2cc(Cl)cnc2C(=O)N2CCC2)OC(CO)[C@H](O)[C@@H]1n1cc(-c2ccc(Cl)c(F)c2)nn1. The second-order valence-electron chi connectivity index (χ2n) is 8.88. The van der Waals surface area contributed by atoms with E-state index in [1.165, 1.54) is 30.1 Å². The molecule has 5 atom stereocenters. The number of nitrogens with zero attached hydrogens (tertiary/aromatic N) is 5. The van der Waals surface area contributed by atoms with E-state index in [4.69, 9.17) is 32.7 Å². The number of thioether (sulfide) groups is 1. The number of likely N-dealkylation sites (tertiary alicyclic amines) is 1. The maximum atomic E-state index is 14.0. The van der Waals surface area contributed by atoms with Crippen molar-refractivity contribution in [2.75, 3.05) is 26.8 Å². The van der Waals surface area contributed by atoms with Gasteiger partial charge in [0.1, 0.15) is 47.0 Å². The molecule has 2 unspecified atom stereocenters. The van der Waals surface area contributed by atoms with Crippen molar-refractivity contribution in [2.24, 2.45) is 0 Å². The number of pyridine rings is 1. The predicted octanol–water partition coefficient (Wildman–Crippen LogP) is 3.06. The maximum absolute atomic E-state index is 14.0. The number of aliphatic hydroxyl groups excluding tert-OH is 2. The smallest absolute Gasteiger partial charge is 0.273 e. The normalized spacial score (nSPS) is 25.3. The molecule has 0 saturated carbocycles. The molecule has 2 saturated heterocycles. The Balaban J connectivity index is 1.47. The van der Waals surface area contributed by atoms with Crippen molar-refractivity contribution in [3.05, 3.63) is 58.2 Å². The summed E-state index contributed by atoms with van der Waals surface area (Å²) in [4.78, 5) is 19.4. The third kappa shape index (κ3) is 5.26. The number of hydrogen-bond donors (Lipinski definition) is 2. The Hall–Kier alpha value is -2.32. The summed E-state index contributed by atoms with van der Waals surface area (Å²) in [6.45, 7) is 0.824. The first-order valence-electron chi connectivity index (χ1n) is 11.8. The third-order valence-corrected chi connectivity index (χ3v) is 8.23. The predicted molar refractivity (Wildman–Crippen MR) is 138 cm³/mol. The molecule has 2 fully saturated rings. The molecule has 14 heteroatoms. The molecule has 0 spiro atoms. The van der Waals surface area contributed by atoms with Crippen LogP contribution in [0.2, 0.25) is 10.0 Å². The Bertz CT molecular complexity index is 1330. The first kappa shape index (κ1) is 27.3. The van der Waals surface area contributed by atoms with Crippen molar-refractivity contribution in [1.29, 1.82) is 0 Å². The molecule has 0 radical (unpaired) electrons. The average molecular weight is 584 g/mol. The zero-order valence-electron chi connectivity index (χ0n) is 20.1. The van der Waals surface area contributed by atoms with E-state index in [-0.39, 0.29) is 16.6 Å². The number of hydrogen-bond acceptors (Lipinski definition) is 9. The van der Waals surface area contributed by atoms with Crippen LogP contribution < -0.4 is 0 Å². The average Bonchev–Trinajstić information content (AvgIpc) is 3.35. The van der Waals surface area contributed by atoms with Crippen molar-refractivity contribution in [2.45, 2.75) is 41.1 Å². The standard InChI is InChI=1S/C24H24Cl2FN5O5S/c1-36-22-20(32-10-16(29-30-32)12-3-4-14(26)15(27)7-12)21(34)17(11-33)37-24(22)38-18-8-13(25)9-28-19(18)23(35)31-5-2-6-31/h3-4,7-10,17,20-22,24,33-34H,2,5-6,11H2,1H3/t17?,20-,21-,22?,24+/m0/s1. The summed E-state index contributed by atoms with van der Waals surface area (Å²) >= 11 is 13.2. The van der Waals surface area contributed by atoms with Gasteiger partial charge in [-0.3, -0.25) is 4.79 Å². The van der Waals surface area contributed by atoms with E-state index in [9.17, 15) is 19.4 Å². The van der Waals surface area contributed by atoms with Gasteiger partial charge >= 0.3 is 0 Å². The van der Waals surface area contributed by atoms with Crippen molar-refractivity contribution in [3.8, 4) is 11.3 Å². The summed E-state index contributed by atoms with van der Waals surface area (Å²) in [5.74, 6) is -0.818. The monoisotopic (exact) mass is 583 g/mol. The van der Waals surface area contributed by atoms with Crippen LogP contribution in [-0.4, -0.2) is 91.6 Å². The van der Waals surface area contributed by atoms with Crippen LogP contribution in [0.4, 0.5) is 4.39 Å². The van der Waals surface area contributed by atoms with Gasteiger partial charge in [0.2, 0.25) is 0 Å². The molecule has 4 heterocycles. The second kappa shape index (κ2) is 11.4. The fraction of sp³-hybridized carbons (Fsp3) is 0.417. The summed E-state index contributed by atoms with van der Waals surface area (Å²) in [5.41, 5.74) is 0.223. The van der Waals surface area contributed by atoms with Gasteiger partial charge in [-0.25, -0.2) is 14.1 Å². The molecule has 2 N–H and O–H groups in total. The molecule has 202 valence electrons. The topological polar surface area (TPSA) is 123 Å². The maximum Gasteiger partial charge on any atom is 0.273 e. The quantitative estimate of drug-likeness (QED) is 0.432. The summed E-state index contributed by atoms with van der Waals surface area (Å²) < 4.78 is 27.2. The zero-order chi connectivity index (χ0) is 27.0. The van der Waals surface area contributed by atoms with Gasteiger partial charge in [0.05, 0.1) is 22.8 Å². The van der Waals surface area contributed by atoms with Crippen molar-refractivity contribution >= 4 is 40.9 Å². The number of amides is 1. The molecule has 2 aromatic heterocycles. The molecule has 10 nitrogen and oxygen atoms in total. The van der Waals surface area contributed by atoms with E-state index in [2.05, 4.69) is 15.3 Å². The largest absolute Gasteiger partial charge is 0.394 e. The van der Waals surface area contributed by atoms with E-state index in [1.807, 2.05) is 0 Å². The number of rotatable bonds is 7. The van der Waals surface area contributed by atoms with E-state index in [1.54, 1.807) is 23.2 Å². The molecule has 2 aliphatic rings. The molecule has 5 rings (SSSR count). The number of benzene rings is 1. The molecular formula is C24H24Cl2FN5O5S. The highest BCUT2D eigenvalue weighted by Crippen LogP contribution is 2.41. The van der Waals surface area contributed by atoms with E-state index in [0.29, 0.717) is 34.3 Å². The van der Waals surface area contributed by atoms with Crippen LogP contribution in [0.1, 0.15) is 23.0 Å². The van der Waals surface area contributed by atoms with Crippen LogP contribution >= 0.6 is 35.0 Å². The van der Waals surface area contributed by atoms with Gasteiger partial charge < -0.3 is 24.6 Å². The highest BCUT2D eigenvalue weighted by molar-refractivity contribution is 8.00. The van der Waals surface area contributed by atoms with E-state index >= 15 is 0 Å². The Labute approximate surface area is 231 Å². The summed E-state index contributed by atoms with van der Waals surface area (Å²) in [7, 11) is 1.45. The van der Waals surface area contributed by atoms with Crippen LogP contribution in [0.3, 0.4) is 0 Å². The second-order valence-corrected chi connectivity index (χ2v) is 10.9. The number of carbonyl (C=O) groups excluding carboxylic acids is 1. The van der Waals surface area contributed by atoms with Crippen molar-refractivity contribution < 1.29 is 28.9 Å². The van der Waals surface area contributed by atoms with Gasteiger partial charge in [-0.1, -0.05) is 46.2 Å². The van der Waals surface area contributed by atoms with Gasteiger partial charge in [0.15, 0.2) is 0 Å². The summed E-state index contributed by atoms with van der Waals surface area (Å²) in [6.07, 6.45) is 0.862. The molecule has 1 aromatic carbocycles. The van der Waals surface area contributed by atoms with Gasteiger partial charge in [-0.05, 0) is 24.6 Å². The molecule has 1 amide bonds. The highest BCUT2D eigenvalue weighted by atomic mass is 35.5. The number of aromatic nitrogens is 4. The van der Waals surface area contributed by atoms with Crippen LogP contribution in [0, 0.1) is 5.82 Å². The van der Waals surface area contributed by atoms with Crippen molar-refractivity contribution in [3.63, 3.8) is 0 Å². The van der Waals surface area contributed by atoms with Gasteiger partial charge in [-0.15, -0.1) is 5.10 Å². The lowest BCUT2D eigenvalue weighted by Crippen LogP contribution is -2.55. The number of methoxy groups -OCH3 is 1. The Morgan fingerprint density at radius 3 is 2.76 bits per heavy atom. The van der Waals surface area contributed by atoms with Crippen LogP contribution in [-0.2, 0) is 9.47 Å². The lowest BCUT2D eigenvalue weighted by Gasteiger charge is -2.43. The first-order valence-corrected chi connectivity index (χ1v) is 13.4. The molecule has 38 heavy (non-hydrogen) atoms. The fourth-order valence-electron chi connectivity index (χ4n) is 4.38. The Morgan fingerprint density at radius 2 is 2.11 bits per heavy atom. The molecule has 3 aromatic rings. The number of ether oxygens (including phenoxy) is 2. The first-order chi connectivity index (χ1) is 18.3. The van der Waals surface area contributed by atoms with Gasteiger partial charge in [0.25, 0.3) is 5.91 Å². The fourth-order valence-corrected chi connectivity index (χ4v) is 6.03.